The third-order valence-corrected chi connectivity index (χ3v) is 5.13. The molecule has 6 heteroatoms. The van der Waals surface area contributed by atoms with Crippen LogP contribution in [0.3, 0.4) is 0 Å². The van der Waals surface area contributed by atoms with Gasteiger partial charge < -0.3 is 20.4 Å². The number of carbonyl (C=O) groups excluding carboxylic acids is 2. The summed E-state index contributed by atoms with van der Waals surface area (Å²) in [6.45, 7) is 2.72. The largest absolute Gasteiger partial charge is 0.355 e. The van der Waals surface area contributed by atoms with E-state index >= 15 is 0 Å². The van der Waals surface area contributed by atoms with Crippen molar-refractivity contribution in [2.75, 3.05) is 27.2 Å². The molecule has 2 N–H and O–H groups in total. The van der Waals surface area contributed by atoms with Gasteiger partial charge in [0.1, 0.15) is 0 Å². The van der Waals surface area contributed by atoms with Crippen LogP contribution in [0.1, 0.15) is 41.6 Å². The zero-order chi connectivity index (χ0) is 17.8. The molecule has 1 aromatic carbocycles. The van der Waals surface area contributed by atoms with Gasteiger partial charge in [0, 0.05) is 51.4 Å². The van der Waals surface area contributed by atoms with Crippen LogP contribution in [-0.2, 0) is 6.54 Å². The van der Waals surface area contributed by atoms with Gasteiger partial charge in [0.25, 0.3) is 5.91 Å². The topological polar surface area (TPSA) is 64.7 Å². The summed E-state index contributed by atoms with van der Waals surface area (Å²) in [6.07, 6.45) is 4.77. The summed E-state index contributed by atoms with van der Waals surface area (Å²) in [6, 6.07) is 8.42. The van der Waals surface area contributed by atoms with Crippen molar-refractivity contribution < 1.29 is 9.59 Å². The number of urea groups is 1. The van der Waals surface area contributed by atoms with Gasteiger partial charge in [-0.25, -0.2) is 4.79 Å². The Kier molecular flexibility index (Phi) is 5.58. The third kappa shape index (κ3) is 4.72. The van der Waals surface area contributed by atoms with Gasteiger partial charge in [-0.1, -0.05) is 12.1 Å². The van der Waals surface area contributed by atoms with E-state index in [0.29, 0.717) is 12.1 Å². The molecule has 1 aliphatic carbocycles. The molecule has 0 spiro atoms. The molecule has 0 aromatic heterocycles. The van der Waals surface area contributed by atoms with Crippen LogP contribution in [0, 0.1) is 0 Å². The van der Waals surface area contributed by atoms with Gasteiger partial charge >= 0.3 is 6.03 Å². The first kappa shape index (κ1) is 17.7. The molecule has 25 heavy (non-hydrogen) atoms. The molecule has 1 aromatic rings. The maximum atomic E-state index is 12.4. The molecule has 1 saturated carbocycles. The lowest BCUT2D eigenvalue weighted by atomic mass is 10.1. The quantitative estimate of drug-likeness (QED) is 0.856. The first-order valence-electron chi connectivity index (χ1n) is 9.13. The first-order chi connectivity index (χ1) is 12.1. The van der Waals surface area contributed by atoms with E-state index in [4.69, 9.17) is 0 Å². The minimum absolute atomic E-state index is 0.0275. The van der Waals surface area contributed by atoms with Crippen molar-refractivity contribution in [1.29, 1.82) is 0 Å². The van der Waals surface area contributed by atoms with Crippen molar-refractivity contribution >= 4 is 11.9 Å². The number of nitrogens with zero attached hydrogens (tertiary/aromatic N) is 2. The SMILES string of the molecule is CNC(=O)c1ccc(CN(C)C(=O)NC2CCN(C3CC3)CC2)cc1. The second-order valence-corrected chi connectivity index (χ2v) is 7.12. The van der Waals surface area contributed by atoms with Crippen LogP contribution in [0.2, 0.25) is 0 Å². The Morgan fingerprint density at radius 3 is 2.32 bits per heavy atom. The predicted octanol–water partition coefficient (Wildman–Crippen LogP) is 1.81. The average molecular weight is 344 g/mol. The molecule has 1 saturated heterocycles. The Balaban J connectivity index is 1.45. The normalized spacial score (nSPS) is 18.6. The molecular weight excluding hydrogens is 316 g/mol. The monoisotopic (exact) mass is 344 g/mol. The van der Waals surface area contributed by atoms with Crippen LogP contribution in [-0.4, -0.2) is 61.0 Å². The maximum Gasteiger partial charge on any atom is 0.317 e. The molecule has 6 nitrogen and oxygen atoms in total. The molecule has 0 bridgehead atoms. The van der Waals surface area contributed by atoms with Crippen LogP contribution < -0.4 is 10.6 Å². The van der Waals surface area contributed by atoms with Gasteiger partial charge in [0.05, 0.1) is 0 Å². The van der Waals surface area contributed by atoms with Crippen LogP contribution in [0.15, 0.2) is 24.3 Å². The van der Waals surface area contributed by atoms with E-state index in [2.05, 4.69) is 15.5 Å². The second-order valence-electron chi connectivity index (χ2n) is 7.12. The summed E-state index contributed by atoms with van der Waals surface area (Å²) in [7, 11) is 3.42. The van der Waals surface area contributed by atoms with Gasteiger partial charge in [-0.2, -0.15) is 0 Å². The molecule has 1 aliphatic heterocycles. The molecule has 0 atom stereocenters. The van der Waals surface area contributed by atoms with Crippen molar-refractivity contribution in [3.8, 4) is 0 Å². The number of piperidine rings is 1. The Labute approximate surface area is 149 Å². The zero-order valence-corrected chi connectivity index (χ0v) is 15.1. The van der Waals surface area contributed by atoms with E-state index < -0.39 is 0 Å². The average Bonchev–Trinajstić information content (AvgIpc) is 3.47. The van der Waals surface area contributed by atoms with E-state index in [0.717, 1.165) is 37.5 Å². The molecule has 2 fully saturated rings. The zero-order valence-electron chi connectivity index (χ0n) is 15.1. The second kappa shape index (κ2) is 7.87. The number of carbonyl (C=O) groups is 2. The Morgan fingerprint density at radius 2 is 1.76 bits per heavy atom. The Hall–Kier alpha value is -2.08. The molecule has 136 valence electrons. The maximum absolute atomic E-state index is 12.4. The highest BCUT2D eigenvalue weighted by molar-refractivity contribution is 5.93. The summed E-state index contributed by atoms with van der Waals surface area (Å²) >= 11 is 0. The highest BCUT2D eigenvalue weighted by Crippen LogP contribution is 2.29. The Morgan fingerprint density at radius 1 is 1.12 bits per heavy atom. The lowest BCUT2D eigenvalue weighted by molar-refractivity contribution is 0.0963. The van der Waals surface area contributed by atoms with Crippen molar-refractivity contribution in [3.63, 3.8) is 0 Å². The molecule has 3 rings (SSSR count). The lowest BCUT2D eigenvalue weighted by Crippen LogP contribution is -2.48. The third-order valence-electron chi connectivity index (χ3n) is 5.13. The number of amides is 3. The summed E-state index contributed by atoms with van der Waals surface area (Å²) in [4.78, 5) is 28.2. The fourth-order valence-corrected chi connectivity index (χ4v) is 3.38. The van der Waals surface area contributed by atoms with E-state index in [9.17, 15) is 9.59 Å². The number of benzene rings is 1. The van der Waals surface area contributed by atoms with Gasteiger partial charge in [0.15, 0.2) is 0 Å². The summed E-state index contributed by atoms with van der Waals surface area (Å²) < 4.78 is 0. The number of nitrogens with one attached hydrogen (secondary N) is 2. The minimum atomic E-state index is -0.102. The summed E-state index contributed by atoms with van der Waals surface area (Å²) in [5.74, 6) is -0.102. The van der Waals surface area contributed by atoms with Gasteiger partial charge in [-0.05, 0) is 43.4 Å². The molecule has 0 radical (unpaired) electrons. The van der Waals surface area contributed by atoms with Gasteiger partial charge in [-0.15, -0.1) is 0 Å². The van der Waals surface area contributed by atoms with Gasteiger partial charge in [0.2, 0.25) is 0 Å². The van der Waals surface area contributed by atoms with Crippen LogP contribution in [0.25, 0.3) is 0 Å². The highest BCUT2D eigenvalue weighted by Gasteiger charge is 2.32. The molecule has 1 heterocycles. The summed E-state index contributed by atoms with van der Waals surface area (Å²) in [5, 5.41) is 5.76. The molecule has 0 unspecified atom stereocenters. The van der Waals surface area contributed by atoms with Crippen LogP contribution in [0.5, 0.6) is 0 Å². The van der Waals surface area contributed by atoms with Crippen molar-refractivity contribution in [1.82, 2.24) is 20.4 Å². The van der Waals surface area contributed by atoms with Crippen molar-refractivity contribution in [2.45, 2.75) is 44.3 Å². The van der Waals surface area contributed by atoms with Crippen molar-refractivity contribution in [2.24, 2.45) is 0 Å². The molecule has 3 amide bonds. The highest BCUT2D eigenvalue weighted by atomic mass is 16.2. The number of hydrogen-bond acceptors (Lipinski definition) is 3. The lowest BCUT2D eigenvalue weighted by Gasteiger charge is -2.33. The van der Waals surface area contributed by atoms with E-state index in [1.54, 1.807) is 31.1 Å². The van der Waals surface area contributed by atoms with Gasteiger partial charge in [-0.3, -0.25) is 4.79 Å². The van der Waals surface area contributed by atoms with E-state index in [-0.39, 0.29) is 18.0 Å². The molecule has 2 aliphatic rings. The van der Waals surface area contributed by atoms with Crippen LogP contribution >= 0.6 is 0 Å². The Bertz CT molecular complexity index is 604. The standard InChI is InChI=1S/C19H28N4O2/c1-20-18(24)15-5-3-14(4-6-15)13-22(2)19(25)21-16-9-11-23(12-10-16)17-7-8-17/h3-6,16-17H,7-13H2,1-2H3,(H,20,24)(H,21,25). The first-order valence-corrected chi connectivity index (χ1v) is 9.13. The molecular formula is C19H28N4O2. The number of hydrogen-bond donors (Lipinski definition) is 2. The predicted molar refractivity (Wildman–Crippen MR) is 97.4 cm³/mol. The van der Waals surface area contributed by atoms with Crippen LogP contribution in [0.4, 0.5) is 4.79 Å². The number of likely N-dealkylation sites (tertiary alicyclic amines) is 1. The fourth-order valence-electron chi connectivity index (χ4n) is 3.38. The minimum Gasteiger partial charge on any atom is -0.355 e. The fraction of sp³-hybridized carbons (Fsp3) is 0.579. The van der Waals surface area contributed by atoms with E-state index in [1.165, 1.54) is 12.8 Å². The summed E-state index contributed by atoms with van der Waals surface area (Å²) in [5.41, 5.74) is 1.63. The number of rotatable bonds is 5. The van der Waals surface area contributed by atoms with Crippen molar-refractivity contribution in [3.05, 3.63) is 35.4 Å². The van der Waals surface area contributed by atoms with E-state index in [1.807, 2.05) is 12.1 Å². The smallest absolute Gasteiger partial charge is 0.317 e.